The normalized spacial score (nSPS) is 5.33. The van der Waals surface area contributed by atoms with E-state index in [9.17, 15) is 8.63 Å². The van der Waals surface area contributed by atoms with Gasteiger partial charge in [-0.1, -0.05) is 0 Å². The fraction of sp³-hybridized carbons (Fsp3) is 1.00. The summed E-state index contributed by atoms with van der Waals surface area (Å²) in [5.41, 5.74) is 0. The van der Waals surface area contributed by atoms with Crippen LogP contribution in [0.4, 0.5) is 8.63 Å². The van der Waals surface area contributed by atoms with Crippen molar-refractivity contribution in [3.63, 3.8) is 0 Å². The molecule has 0 saturated carbocycles. The highest BCUT2D eigenvalue weighted by Crippen LogP contribution is 1.70. The fourth-order valence-electron chi connectivity index (χ4n) is 0. The Bertz CT molecular complexity index is 13.5. The molecule has 0 amide bonds. The highest BCUT2D eigenvalue weighted by molar-refractivity contribution is 7.97. The minimum absolute atomic E-state index is 1.75. The molecule has 0 aliphatic rings. The summed E-state index contributed by atoms with van der Waals surface area (Å²) in [4.78, 5) is 0. The Labute approximate surface area is 41.6 Å². The first-order valence-electron chi connectivity index (χ1n) is 1.35. The summed E-state index contributed by atoms with van der Waals surface area (Å²) in [5.74, 6) is 0. The number of thioether (sulfide) groups is 1. The summed E-state index contributed by atoms with van der Waals surface area (Å²) < 4.78 is 19.2. The zero-order chi connectivity index (χ0) is 5.41. The Hall–Kier alpha value is 0.275. The zero-order valence-corrected chi connectivity index (χ0v) is 4.69. The lowest BCUT2D eigenvalue weighted by atomic mass is 10.6. The van der Waals surface area contributed by atoms with Gasteiger partial charge >= 0.3 is 7.83 Å². The average molecular weight is 112 g/mol. The Morgan fingerprint density at radius 2 is 1.33 bits per heavy atom. The van der Waals surface area contributed by atoms with E-state index in [1.807, 2.05) is 12.5 Å². The number of hydrogen-bond donors (Lipinski definition) is 0. The van der Waals surface area contributed by atoms with Gasteiger partial charge in [0.05, 0.1) is 0 Å². The van der Waals surface area contributed by atoms with Crippen molar-refractivity contribution in [1.82, 2.24) is 0 Å². The molecule has 0 unspecified atom stereocenters. The molecule has 0 aromatic heterocycles. The smallest absolute Gasteiger partial charge is 0.291 e. The quantitative estimate of drug-likeness (QED) is 0.424. The molecule has 0 nitrogen and oxygen atoms in total. The van der Waals surface area contributed by atoms with E-state index in [4.69, 9.17) is 0 Å². The van der Waals surface area contributed by atoms with Crippen molar-refractivity contribution in [3.05, 3.63) is 0 Å². The van der Waals surface area contributed by atoms with Gasteiger partial charge in [0.2, 0.25) is 0 Å². The van der Waals surface area contributed by atoms with Crippen LogP contribution in [0.1, 0.15) is 0 Å². The van der Waals surface area contributed by atoms with Gasteiger partial charge in [0.15, 0.2) is 0 Å². The molecule has 0 radical (unpaired) electrons. The monoisotopic (exact) mass is 112 g/mol. The van der Waals surface area contributed by atoms with Crippen molar-refractivity contribution >= 4 is 19.6 Å². The van der Waals surface area contributed by atoms with Crippen LogP contribution in [0.15, 0.2) is 0 Å². The molecule has 0 spiro atoms. The molecular weight excluding hydrogens is 105 g/mol. The maximum absolute atomic E-state index is 9.62. The summed E-state index contributed by atoms with van der Waals surface area (Å²) >= 11 is 1.75. The van der Waals surface area contributed by atoms with Crippen LogP contribution >= 0.6 is 11.8 Å². The maximum atomic E-state index is 9.62. The van der Waals surface area contributed by atoms with E-state index in [0.717, 1.165) is 0 Å². The van der Waals surface area contributed by atoms with Crippen molar-refractivity contribution in [1.29, 1.82) is 0 Å². The summed E-state index contributed by atoms with van der Waals surface area (Å²) in [5, 5.41) is 0. The van der Waals surface area contributed by atoms with Crippen molar-refractivity contribution in [2.75, 3.05) is 12.5 Å². The highest BCUT2D eigenvalue weighted by Gasteiger charge is 1.59. The van der Waals surface area contributed by atoms with Crippen LogP contribution in [0.25, 0.3) is 0 Å². The maximum Gasteiger partial charge on any atom is 0.521 e. The van der Waals surface area contributed by atoms with Crippen molar-refractivity contribution < 1.29 is 8.63 Å². The second kappa shape index (κ2) is 18.6. The standard InChI is InChI=1S/C2H6S.BF2H/c1-3-2;2-1-3/h1-2H3;1H. The zero-order valence-electron chi connectivity index (χ0n) is 3.87. The Balaban J connectivity index is 0. The van der Waals surface area contributed by atoms with Gasteiger partial charge in [-0.15, -0.1) is 0 Å². The van der Waals surface area contributed by atoms with Gasteiger partial charge in [-0.2, -0.15) is 11.8 Å². The predicted octanol–water partition coefficient (Wildman–Crippen LogP) is 1.17. The Kier molecular flexibility index (Phi) is 29.7. The topological polar surface area (TPSA) is 0 Å². The molecule has 38 valence electrons. The molecule has 0 atom stereocenters. The molecule has 4 heteroatoms. The molecule has 0 aromatic carbocycles. The molecule has 0 N–H and O–H groups in total. The van der Waals surface area contributed by atoms with Crippen LogP contribution < -0.4 is 0 Å². The van der Waals surface area contributed by atoms with Gasteiger partial charge in [0, 0.05) is 0 Å². The fourth-order valence-corrected chi connectivity index (χ4v) is 0. The summed E-state index contributed by atoms with van der Waals surface area (Å²) in [6, 6.07) is 0. The van der Waals surface area contributed by atoms with E-state index in [0.29, 0.717) is 0 Å². The van der Waals surface area contributed by atoms with Gasteiger partial charge in [0.25, 0.3) is 0 Å². The minimum Gasteiger partial charge on any atom is -0.291 e. The van der Waals surface area contributed by atoms with Crippen molar-refractivity contribution in [2.45, 2.75) is 0 Å². The van der Waals surface area contributed by atoms with Gasteiger partial charge in [0.1, 0.15) is 0 Å². The highest BCUT2D eigenvalue weighted by atomic mass is 32.2. The average Bonchev–Trinajstić information content (AvgIpc) is 1.39. The first-order valence-corrected chi connectivity index (χ1v) is 2.98. The third-order valence-electron chi connectivity index (χ3n) is 0. The van der Waals surface area contributed by atoms with Crippen LogP contribution in [0, 0.1) is 0 Å². The van der Waals surface area contributed by atoms with E-state index in [2.05, 4.69) is 0 Å². The number of halogens is 2. The van der Waals surface area contributed by atoms with Crippen LogP contribution in [-0.4, -0.2) is 20.3 Å². The summed E-state index contributed by atoms with van der Waals surface area (Å²) in [7, 11) is -1.75. The lowest BCUT2D eigenvalue weighted by molar-refractivity contribution is 0.712. The van der Waals surface area contributed by atoms with E-state index < -0.39 is 7.83 Å². The lowest BCUT2D eigenvalue weighted by Crippen LogP contribution is -1.45. The van der Waals surface area contributed by atoms with E-state index >= 15 is 0 Å². The minimum atomic E-state index is -1.75. The molecule has 0 fully saturated rings. The van der Waals surface area contributed by atoms with Gasteiger partial charge in [-0.25, -0.2) is 0 Å². The molecule has 0 rings (SSSR count). The van der Waals surface area contributed by atoms with E-state index in [1.54, 1.807) is 11.8 Å². The summed E-state index contributed by atoms with van der Waals surface area (Å²) in [6.45, 7) is 0. The van der Waals surface area contributed by atoms with E-state index in [-0.39, 0.29) is 0 Å². The second-order valence-electron chi connectivity index (χ2n) is 0.509. The third kappa shape index (κ3) is 607. The lowest BCUT2D eigenvalue weighted by Gasteiger charge is -1.51. The van der Waals surface area contributed by atoms with E-state index in [1.165, 1.54) is 0 Å². The van der Waals surface area contributed by atoms with Crippen LogP contribution in [0.2, 0.25) is 0 Å². The largest absolute Gasteiger partial charge is 0.521 e. The first kappa shape index (κ1) is 9.55. The molecule has 0 aromatic rings. The Morgan fingerprint density at radius 1 is 1.33 bits per heavy atom. The van der Waals surface area contributed by atoms with Gasteiger partial charge in [-0.3, -0.25) is 8.63 Å². The van der Waals surface area contributed by atoms with Crippen molar-refractivity contribution in [2.24, 2.45) is 0 Å². The van der Waals surface area contributed by atoms with Crippen LogP contribution in [0.3, 0.4) is 0 Å². The SMILES string of the molecule is CSC.FBF. The van der Waals surface area contributed by atoms with Crippen molar-refractivity contribution in [3.8, 4) is 0 Å². The molecule has 0 aliphatic carbocycles. The Morgan fingerprint density at radius 3 is 1.33 bits per heavy atom. The molecule has 6 heavy (non-hydrogen) atoms. The molecule has 0 bridgehead atoms. The second-order valence-corrected chi connectivity index (χ2v) is 1.33. The molecule has 0 saturated heterocycles. The first-order chi connectivity index (χ1) is 2.83. The molecule has 0 aliphatic heterocycles. The van der Waals surface area contributed by atoms with Gasteiger partial charge in [-0.05, 0) is 12.5 Å². The number of hydrogen-bond acceptors (Lipinski definition) is 1. The summed E-state index contributed by atoms with van der Waals surface area (Å²) in [6.07, 6.45) is 4.08. The van der Waals surface area contributed by atoms with Crippen LogP contribution in [0.5, 0.6) is 0 Å². The number of rotatable bonds is 0. The molecular formula is C2H7BF2S. The predicted molar refractivity (Wildman–Crippen MR) is 28.8 cm³/mol. The molecule has 0 heterocycles. The van der Waals surface area contributed by atoms with Gasteiger partial charge < -0.3 is 0 Å². The third-order valence-corrected chi connectivity index (χ3v) is 0. The van der Waals surface area contributed by atoms with Crippen LogP contribution in [-0.2, 0) is 0 Å².